The Morgan fingerprint density at radius 3 is 3.15 bits per heavy atom. The molecule has 13 heavy (non-hydrogen) atoms. The summed E-state index contributed by atoms with van der Waals surface area (Å²) >= 11 is 0. The summed E-state index contributed by atoms with van der Waals surface area (Å²) in [5.74, 6) is -0.356. The Morgan fingerprint density at radius 2 is 2.38 bits per heavy atom. The number of halogens is 1. The summed E-state index contributed by atoms with van der Waals surface area (Å²) in [6.45, 7) is 0.141. The molecule has 66 valence electrons. The van der Waals surface area contributed by atoms with Gasteiger partial charge < -0.3 is 4.79 Å². The van der Waals surface area contributed by atoms with Crippen LogP contribution in [-0.4, -0.2) is 21.3 Å². The zero-order valence-corrected chi connectivity index (χ0v) is 6.64. The first kappa shape index (κ1) is 7.85. The highest BCUT2D eigenvalue weighted by Crippen LogP contribution is 2.11. The predicted octanol–water partition coefficient (Wildman–Crippen LogP) is 0.769. The third-order valence-electron chi connectivity index (χ3n) is 1.72. The molecular weight excluding hydrogens is 173 g/mol. The van der Waals surface area contributed by atoms with E-state index in [9.17, 15) is 9.18 Å². The third kappa shape index (κ3) is 1.28. The quantitative estimate of drug-likeness (QED) is 0.639. The fourth-order valence-electron chi connectivity index (χ4n) is 1.15. The van der Waals surface area contributed by atoms with E-state index >= 15 is 0 Å². The number of carbonyl (C=O) groups is 1. The van der Waals surface area contributed by atoms with Crippen LogP contribution >= 0.6 is 0 Å². The minimum atomic E-state index is -0.356. The molecule has 1 aromatic carbocycles. The van der Waals surface area contributed by atoms with Gasteiger partial charge in [0.2, 0.25) is 0 Å². The van der Waals surface area contributed by atoms with Gasteiger partial charge >= 0.3 is 0 Å². The second-order valence-electron chi connectivity index (χ2n) is 2.57. The van der Waals surface area contributed by atoms with Gasteiger partial charge in [-0.1, -0.05) is 5.21 Å². The number of nitrogens with zero attached hydrogens (tertiary/aromatic N) is 3. The van der Waals surface area contributed by atoms with Gasteiger partial charge in [0.15, 0.2) is 0 Å². The highest BCUT2D eigenvalue weighted by atomic mass is 19.1. The number of fused-ring (bicyclic) bond motifs is 1. The second-order valence-corrected chi connectivity index (χ2v) is 2.57. The lowest BCUT2D eigenvalue weighted by atomic mass is 10.3. The molecule has 0 spiro atoms. The van der Waals surface area contributed by atoms with Crippen molar-refractivity contribution in [2.75, 3.05) is 0 Å². The molecule has 5 heteroatoms. The third-order valence-corrected chi connectivity index (χ3v) is 1.72. The normalized spacial score (nSPS) is 10.5. The average molecular weight is 179 g/mol. The predicted molar refractivity (Wildman–Crippen MR) is 43.6 cm³/mol. The van der Waals surface area contributed by atoms with Crippen LogP contribution in [0.25, 0.3) is 11.0 Å². The fourth-order valence-corrected chi connectivity index (χ4v) is 1.15. The Bertz CT molecular complexity index is 452. The molecule has 0 saturated carbocycles. The number of benzene rings is 1. The Morgan fingerprint density at radius 1 is 1.54 bits per heavy atom. The summed E-state index contributed by atoms with van der Waals surface area (Å²) < 4.78 is 14.1. The van der Waals surface area contributed by atoms with Crippen molar-refractivity contribution < 1.29 is 9.18 Å². The molecule has 0 amide bonds. The molecule has 0 saturated heterocycles. The largest absolute Gasteiger partial charge is 0.301 e. The zero-order chi connectivity index (χ0) is 9.26. The smallest absolute Gasteiger partial charge is 0.141 e. The Labute approximate surface area is 73.0 Å². The van der Waals surface area contributed by atoms with Crippen LogP contribution in [0.2, 0.25) is 0 Å². The van der Waals surface area contributed by atoms with E-state index in [2.05, 4.69) is 10.3 Å². The van der Waals surface area contributed by atoms with Gasteiger partial charge in [-0.25, -0.2) is 9.07 Å². The van der Waals surface area contributed by atoms with E-state index in [0.29, 0.717) is 11.0 Å². The summed E-state index contributed by atoms with van der Waals surface area (Å²) in [4.78, 5) is 10.2. The first-order chi connectivity index (χ1) is 6.31. The van der Waals surface area contributed by atoms with Crippen molar-refractivity contribution in [2.24, 2.45) is 0 Å². The molecule has 4 nitrogen and oxygen atoms in total. The molecule has 0 aliphatic carbocycles. The Balaban J connectivity index is 2.61. The summed E-state index contributed by atoms with van der Waals surface area (Å²) in [5, 5.41) is 7.41. The summed E-state index contributed by atoms with van der Waals surface area (Å²) in [6.07, 6.45) is 0.720. The van der Waals surface area contributed by atoms with Crippen LogP contribution in [0.1, 0.15) is 0 Å². The molecule has 0 radical (unpaired) electrons. The molecule has 0 atom stereocenters. The van der Waals surface area contributed by atoms with Crippen molar-refractivity contribution in [3.05, 3.63) is 24.0 Å². The molecule has 2 rings (SSSR count). The van der Waals surface area contributed by atoms with Gasteiger partial charge in [-0.2, -0.15) is 0 Å². The van der Waals surface area contributed by atoms with Gasteiger partial charge in [-0.05, 0) is 12.1 Å². The van der Waals surface area contributed by atoms with Crippen LogP contribution in [0.3, 0.4) is 0 Å². The number of aromatic nitrogens is 3. The number of carbonyl (C=O) groups excluding carboxylic acids is 1. The van der Waals surface area contributed by atoms with E-state index in [1.54, 1.807) is 6.07 Å². The lowest BCUT2D eigenvalue weighted by Crippen LogP contribution is -2.00. The second kappa shape index (κ2) is 2.93. The van der Waals surface area contributed by atoms with E-state index in [1.165, 1.54) is 16.8 Å². The molecule has 1 aromatic heterocycles. The van der Waals surface area contributed by atoms with E-state index < -0.39 is 0 Å². The van der Waals surface area contributed by atoms with Crippen molar-refractivity contribution in [3.63, 3.8) is 0 Å². The monoisotopic (exact) mass is 179 g/mol. The van der Waals surface area contributed by atoms with Crippen molar-refractivity contribution in [2.45, 2.75) is 6.54 Å². The lowest BCUT2D eigenvalue weighted by Gasteiger charge is -1.93. The first-order valence-corrected chi connectivity index (χ1v) is 3.73. The lowest BCUT2D eigenvalue weighted by molar-refractivity contribution is -0.108. The summed E-state index contributed by atoms with van der Waals surface area (Å²) in [5.41, 5.74) is 1.12. The van der Waals surface area contributed by atoms with Gasteiger partial charge in [0.25, 0.3) is 0 Å². The molecule has 0 fully saturated rings. The average Bonchev–Trinajstić information content (AvgIpc) is 2.49. The van der Waals surface area contributed by atoms with E-state index in [-0.39, 0.29) is 12.4 Å². The van der Waals surface area contributed by atoms with Crippen LogP contribution in [0.5, 0.6) is 0 Å². The van der Waals surface area contributed by atoms with Crippen molar-refractivity contribution in [1.29, 1.82) is 0 Å². The standard InChI is InChI=1S/C8H6FN3O/c9-6-1-2-8-7(5-6)10-11-12(8)3-4-13/h1-2,4-5H,3H2. The molecule has 0 N–H and O–H groups in total. The number of hydrogen-bond acceptors (Lipinski definition) is 3. The zero-order valence-electron chi connectivity index (χ0n) is 6.64. The number of rotatable bonds is 2. The van der Waals surface area contributed by atoms with Gasteiger partial charge in [-0.3, -0.25) is 0 Å². The van der Waals surface area contributed by atoms with Crippen LogP contribution in [0, 0.1) is 5.82 Å². The molecule has 2 aromatic rings. The highest BCUT2D eigenvalue weighted by Gasteiger charge is 2.03. The molecule has 0 bridgehead atoms. The number of hydrogen-bond donors (Lipinski definition) is 0. The Hall–Kier alpha value is -1.78. The van der Waals surface area contributed by atoms with E-state index in [1.807, 2.05) is 0 Å². The van der Waals surface area contributed by atoms with Crippen molar-refractivity contribution >= 4 is 17.3 Å². The van der Waals surface area contributed by atoms with Crippen LogP contribution in [0.15, 0.2) is 18.2 Å². The van der Waals surface area contributed by atoms with Crippen LogP contribution in [0.4, 0.5) is 4.39 Å². The maximum atomic E-state index is 12.7. The molecule has 0 unspecified atom stereocenters. The van der Waals surface area contributed by atoms with E-state index in [4.69, 9.17) is 0 Å². The van der Waals surface area contributed by atoms with Gasteiger partial charge in [0, 0.05) is 6.07 Å². The summed E-state index contributed by atoms with van der Waals surface area (Å²) in [6, 6.07) is 4.14. The molecule has 1 heterocycles. The van der Waals surface area contributed by atoms with Gasteiger partial charge in [0.05, 0.1) is 12.1 Å². The summed E-state index contributed by atoms with van der Waals surface area (Å²) in [7, 11) is 0. The fraction of sp³-hybridized carbons (Fsp3) is 0.125. The minimum absolute atomic E-state index is 0.141. The maximum absolute atomic E-state index is 12.7. The van der Waals surface area contributed by atoms with Crippen LogP contribution in [-0.2, 0) is 11.3 Å². The SMILES string of the molecule is O=CCn1nnc2cc(F)ccc21. The molecular formula is C8H6FN3O. The van der Waals surface area contributed by atoms with Gasteiger partial charge in [0.1, 0.15) is 17.6 Å². The van der Waals surface area contributed by atoms with Crippen molar-refractivity contribution in [1.82, 2.24) is 15.0 Å². The Kier molecular flexibility index (Phi) is 1.77. The number of aldehydes is 1. The van der Waals surface area contributed by atoms with E-state index in [0.717, 1.165) is 6.29 Å². The highest BCUT2D eigenvalue weighted by molar-refractivity contribution is 5.74. The van der Waals surface area contributed by atoms with Gasteiger partial charge in [-0.15, -0.1) is 5.10 Å². The van der Waals surface area contributed by atoms with Crippen molar-refractivity contribution in [3.8, 4) is 0 Å². The molecule has 0 aliphatic rings. The molecule has 0 aliphatic heterocycles. The maximum Gasteiger partial charge on any atom is 0.141 e. The van der Waals surface area contributed by atoms with Crippen LogP contribution < -0.4 is 0 Å². The topological polar surface area (TPSA) is 47.8 Å². The minimum Gasteiger partial charge on any atom is -0.301 e. The first-order valence-electron chi connectivity index (χ1n) is 3.73.